The van der Waals surface area contributed by atoms with E-state index in [0.717, 1.165) is 25.7 Å². The van der Waals surface area contributed by atoms with Crippen molar-refractivity contribution in [1.82, 2.24) is 10.7 Å². The third kappa shape index (κ3) is 6.62. The number of hydrogen-bond acceptors (Lipinski definition) is 5. The number of rotatable bonds is 8. The molecule has 1 aliphatic rings. The molecular formula is C18H26N4O4. The fourth-order valence-corrected chi connectivity index (χ4v) is 2.82. The zero-order valence-electron chi connectivity index (χ0n) is 15.0. The summed E-state index contributed by atoms with van der Waals surface area (Å²) in [5.41, 5.74) is 7.76. The first-order valence-corrected chi connectivity index (χ1v) is 8.86. The van der Waals surface area contributed by atoms with Crippen LogP contribution in [0.1, 0.15) is 44.6 Å². The monoisotopic (exact) mass is 362 g/mol. The van der Waals surface area contributed by atoms with Crippen molar-refractivity contribution in [3.05, 3.63) is 23.8 Å². The standard InChI is InChI=1S/C18H26N4O4/c1-2-25-16-10-13(11-20-22-18(19)24)8-9-15(16)26-12-17(23)21-14-6-4-3-5-7-14/h8-11,14H,2-7,12H2,1H3,(H,21,23)(H3,19,22,24). The summed E-state index contributed by atoms with van der Waals surface area (Å²) in [6.07, 6.45) is 7.06. The second kappa shape index (κ2) is 10.3. The minimum absolute atomic E-state index is 0.0623. The lowest BCUT2D eigenvalue weighted by atomic mass is 9.95. The summed E-state index contributed by atoms with van der Waals surface area (Å²) in [5, 5.41) is 6.71. The van der Waals surface area contributed by atoms with Crippen molar-refractivity contribution >= 4 is 18.2 Å². The number of amides is 3. The molecule has 1 fully saturated rings. The smallest absolute Gasteiger partial charge is 0.332 e. The Morgan fingerprint density at radius 2 is 2.00 bits per heavy atom. The molecule has 0 radical (unpaired) electrons. The summed E-state index contributed by atoms with van der Waals surface area (Å²) in [6, 6.07) is 4.66. The topological polar surface area (TPSA) is 115 Å². The number of hydrazone groups is 1. The molecule has 0 heterocycles. The average Bonchev–Trinajstić information content (AvgIpc) is 2.62. The van der Waals surface area contributed by atoms with Crippen LogP contribution in [0.3, 0.4) is 0 Å². The summed E-state index contributed by atoms with van der Waals surface area (Å²) in [4.78, 5) is 22.7. The molecule has 8 heteroatoms. The molecule has 142 valence electrons. The Morgan fingerprint density at radius 1 is 1.23 bits per heavy atom. The molecule has 1 aromatic rings. The summed E-state index contributed by atoms with van der Waals surface area (Å²) in [5.74, 6) is 0.849. The zero-order valence-corrected chi connectivity index (χ0v) is 15.0. The molecule has 2 rings (SSSR count). The van der Waals surface area contributed by atoms with E-state index in [0.29, 0.717) is 23.7 Å². The molecule has 1 aromatic carbocycles. The van der Waals surface area contributed by atoms with Gasteiger partial charge in [-0.3, -0.25) is 4.79 Å². The Labute approximate surface area is 153 Å². The van der Waals surface area contributed by atoms with Gasteiger partial charge in [0.1, 0.15) is 0 Å². The molecule has 4 N–H and O–H groups in total. The number of nitrogens with zero attached hydrogens (tertiary/aromatic N) is 1. The molecule has 0 aromatic heterocycles. The van der Waals surface area contributed by atoms with Crippen LogP contribution in [0.5, 0.6) is 11.5 Å². The van der Waals surface area contributed by atoms with Crippen molar-refractivity contribution in [3.63, 3.8) is 0 Å². The van der Waals surface area contributed by atoms with E-state index in [1.165, 1.54) is 12.6 Å². The number of primary amides is 1. The van der Waals surface area contributed by atoms with Crippen LogP contribution in [0, 0.1) is 0 Å². The van der Waals surface area contributed by atoms with Crippen LogP contribution in [0.2, 0.25) is 0 Å². The number of carbonyl (C=O) groups is 2. The van der Waals surface area contributed by atoms with E-state index in [4.69, 9.17) is 15.2 Å². The van der Waals surface area contributed by atoms with Crippen molar-refractivity contribution in [3.8, 4) is 11.5 Å². The summed E-state index contributed by atoms with van der Waals surface area (Å²) < 4.78 is 11.2. The largest absolute Gasteiger partial charge is 0.490 e. The van der Waals surface area contributed by atoms with Gasteiger partial charge in [0.25, 0.3) is 5.91 Å². The molecule has 0 unspecified atom stereocenters. The number of hydrogen-bond donors (Lipinski definition) is 3. The minimum atomic E-state index is -0.741. The molecule has 3 amide bonds. The third-order valence-corrected chi connectivity index (χ3v) is 3.99. The molecule has 0 aliphatic heterocycles. The summed E-state index contributed by atoms with van der Waals surface area (Å²) in [6.45, 7) is 2.24. The molecule has 0 bridgehead atoms. The third-order valence-electron chi connectivity index (χ3n) is 3.99. The fraction of sp³-hybridized carbons (Fsp3) is 0.500. The molecule has 1 saturated carbocycles. The van der Waals surface area contributed by atoms with Crippen molar-refractivity contribution in [1.29, 1.82) is 0 Å². The normalized spacial score (nSPS) is 14.8. The van der Waals surface area contributed by atoms with Crippen LogP contribution < -0.4 is 25.9 Å². The molecule has 26 heavy (non-hydrogen) atoms. The SMILES string of the molecule is CCOc1cc(C=NNC(N)=O)ccc1OCC(=O)NC1CCCCC1. The van der Waals surface area contributed by atoms with Gasteiger partial charge in [-0.1, -0.05) is 19.3 Å². The fourth-order valence-electron chi connectivity index (χ4n) is 2.82. The highest BCUT2D eigenvalue weighted by Crippen LogP contribution is 2.28. The van der Waals surface area contributed by atoms with Gasteiger partial charge in [0.2, 0.25) is 0 Å². The van der Waals surface area contributed by atoms with Gasteiger partial charge in [-0.2, -0.15) is 5.10 Å². The number of urea groups is 1. The molecule has 0 atom stereocenters. The Morgan fingerprint density at radius 3 is 2.69 bits per heavy atom. The Hall–Kier alpha value is -2.77. The van der Waals surface area contributed by atoms with Gasteiger partial charge in [0.15, 0.2) is 18.1 Å². The Kier molecular flexibility index (Phi) is 7.73. The van der Waals surface area contributed by atoms with Crippen LogP contribution in [-0.4, -0.2) is 37.4 Å². The lowest BCUT2D eigenvalue weighted by Crippen LogP contribution is -2.39. The van der Waals surface area contributed by atoms with E-state index < -0.39 is 6.03 Å². The molecule has 8 nitrogen and oxygen atoms in total. The Balaban J connectivity index is 1.93. The first kappa shape index (κ1) is 19.6. The number of carbonyl (C=O) groups excluding carboxylic acids is 2. The van der Waals surface area contributed by atoms with Gasteiger partial charge in [0, 0.05) is 6.04 Å². The van der Waals surface area contributed by atoms with Crippen molar-refractivity contribution < 1.29 is 19.1 Å². The average molecular weight is 362 g/mol. The summed E-state index contributed by atoms with van der Waals surface area (Å²) in [7, 11) is 0. The zero-order chi connectivity index (χ0) is 18.8. The predicted octanol–water partition coefficient (Wildman–Crippen LogP) is 1.92. The van der Waals surface area contributed by atoms with Crippen LogP contribution in [0.25, 0.3) is 0 Å². The second-order valence-corrected chi connectivity index (χ2v) is 6.06. The number of ether oxygens (including phenoxy) is 2. The number of nitrogens with two attached hydrogens (primary N) is 1. The maximum atomic E-state index is 12.1. The molecular weight excluding hydrogens is 336 g/mol. The van der Waals surface area contributed by atoms with Crippen LogP contribution >= 0.6 is 0 Å². The van der Waals surface area contributed by atoms with E-state index in [2.05, 4.69) is 15.8 Å². The van der Waals surface area contributed by atoms with Crippen LogP contribution in [0.15, 0.2) is 23.3 Å². The highest BCUT2D eigenvalue weighted by Gasteiger charge is 2.16. The lowest BCUT2D eigenvalue weighted by molar-refractivity contribution is -0.124. The van der Waals surface area contributed by atoms with Crippen LogP contribution in [0.4, 0.5) is 4.79 Å². The first-order valence-electron chi connectivity index (χ1n) is 8.86. The number of nitrogens with one attached hydrogen (secondary N) is 2. The van der Waals surface area contributed by atoms with Gasteiger partial charge in [-0.25, -0.2) is 10.2 Å². The van der Waals surface area contributed by atoms with E-state index in [1.54, 1.807) is 18.2 Å². The van der Waals surface area contributed by atoms with E-state index in [9.17, 15) is 9.59 Å². The van der Waals surface area contributed by atoms with E-state index in [1.807, 2.05) is 6.92 Å². The maximum Gasteiger partial charge on any atom is 0.332 e. The quantitative estimate of drug-likeness (QED) is 0.484. The molecule has 0 spiro atoms. The van der Waals surface area contributed by atoms with Crippen LogP contribution in [-0.2, 0) is 4.79 Å². The van der Waals surface area contributed by atoms with E-state index >= 15 is 0 Å². The highest BCUT2D eigenvalue weighted by atomic mass is 16.5. The van der Waals surface area contributed by atoms with Gasteiger partial charge in [0.05, 0.1) is 12.8 Å². The minimum Gasteiger partial charge on any atom is -0.490 e. The first-order chi connectivity index (χ1) is 12.6. The predicted molar refractivity (Wildman–Crippen MR) is 98.4 cm³/mol. The summed E-state index contributed by atoms with van der Waals surface area (Å²) >= 11 is 0. The maximum absolute atomic E-state index is 12.1. The lowest BCUT2D eigenvalue weighted by Gasteiger charge is -2.22. The van der Waals surface area contributed by atoms with Crippen molar-refractivity contribution in [2.45, 2.75) is 45.1 Å². The van der Waals surface area contributed by atoms with Crippen molar-refractivity contribution in [2.24, 2.45) is 10.8 Å². The molecule has 1 aliphatic carbocycles. The van der Waals surface area contributed by atoms with Crippen molar-refractivity contribution in [2.75, 3.05) is 13.2 Å². The van der Waals surface area contributed by atoms with Gasteiger partial charge in [-0.05, 0) is 43.5 Å². The molecule has 0 saturated heterocycles. The van der Waals surface area contributed by atoms with E-state index in [-0.39, 0.29) is 18.6 Å². The number of benzene rings is 1. The Bertz CT molecular complexity index is 642. The van der Waals surface area contributed by atoms with Gasteiger partial charge < -0.3 is 20.5 Å². The second-order valence-electron chi connectivity index (χ2n) is 6.06. The van der Waals surface area contributed by atoms with Gasteiger partial charge in [-0.15, -0.1) is 0 Å². The van der Waals surface area contributed by atoms with Gasteiger partial charge >= 0.3 is 6.03 Å². The highest BCUT2D eigenvalue weighted by molar-refractivity contribution is 5.82.